The van der Waals surface area contributed by atoms with Gasteiger partial charge in [-0.2, -0.15) is 0 Å². The molecule has 240 valence electrons. The predicted octanol–water partition coefficient (Wildman–Crippen LogP) is 12.9. The van der Waals surface area contributed by atoms with Gasteiger partial charge in [-0.1, -0.05) is 121 Å². The van der Waals surface area contributed by atoms with E-state index in [2.05, 4.69) is 155 Å². The van der Waals surface area contributed by atoms with Gasteiger partial charge in [-0.3, -0.25) is 0 Å². The van der Waals surface area contributed by atoms with Crippen LogP contribution in [0.25, 0.3) is 71.9 Å². The first kappa shape index (κ1) is 29.0. The first-order chi connectivity index (χ1) is 25.3. The lowest BCUT2D eigenvalue weighted by Crippen LogP contribution is -2.10. The maximum absolute atomic E-state index is 6.27. The lowest BCUT2D eigenvalue weighted by molar-refractivity contribution is 0.620. The first-order valence-electron chi connectivity index (χ1n) is 17.2. The normalized spacial score (nSPS) is 11.5. The Morgan fingerprint density at radius 3 is 1.90 bits per heavy atom. The molecule has 0 unspecified atom stereocenters. The molecule has 0 saturated heterocycles. The van der Waals surface area contributed by atoms with Crippen LogP contribution in [0.3, 0.4) is 0 Å². The summed E-state index contributed by atoms with van der Waals surface area (Å²) in [5.74, 6) is 0.620. The Balaban J connectivity index is 1.22. The van der Waals surface area contributed by atoms with E-state index in [-0.39, 0.29) is 0 Å². The first-order valence-corrected chi connectivity index (χ1v) is 17.2. The molecule has 0 amide bonds. The molecule has 8 aromatic carbocycles. The molecular formula is C47H31N3O. The van der Waals surface area contributed by atoms with Crippen molar-refractivity contribution < 1.29 is 4.42 Å². The molecule has 0 aliphatic carbocycles. The number of rotatable bonds is 6. The van der Waals surface area contributed by atoms with Gasteiger partial charge in [0.25, 0.3) is 0 Å². The largest absolute Gasteiger partial charge is 0.436 e. The average Bonchev–Trinajstić information content (AvgIpc) is 3.79. The highest BCUT2D eigenvalue weighted by molar-refractivity contribution is 6.22. The summed E-state index contributed by atoms with van der Waals surface area (Å²) >= 11 is 0. The molecule has 51 heavy (non-hydrogen) atoms. The Hall–Kier alpha value is -6.91. The van der Waals surface area contributed by atoms with Crippen LogP contribution in [0.1, 0.15) is 0 Å². The summed E-state index contributed by atoms with van der Waals surface area (Å²) < 4.78 is 8.68. The van der Waals surface area contributed by atoms with Crippen LogP contribution in [0.15, 0.2) is 192 Å². The fourth-order valence-corrected chi connectivity index (χ4v) is 7.54. The number of nitrogens with zero attached hydrogens (tertiary/aromatic N) is 3. The van der Waals surface area contributed by atoms with Gasteiger partial charge in [0.2, 0.25) is 5.89 Å². The van der Waals surface area contributed by atoms with Gasteiger partial charge in [0, 0.05) is 49.7 Å². The quantitative estimate of drug-likeness (QED) is 0.179. The van der Waals surface area contributed by atoms with Crippen molar-refractivity contribution in [3.05, 3.63) is 188 Å². The van der Waals surface area contributed by atoms with E-state index in [9.17, 15) is 0 Å². The zero-order valence-corrected chi connectivity index (χ0v) is 27.6. The average molecular weight is 654 g/mol. The number of fused-ring (bicyclic) bond motifs is 6. The number of aromatic nitrogens is 2. The van der Waals surface area contributed by atoms with Crippen molar-refractivity contribution in [1.29, 1.82) is 0 Å². The molecule has 2 aromatic heterocycles. The lowest BCUT2D eigenvalue weighted by atomic mass is 10.00. The Labute approximate surface area is 295 Å². The molecule has 0 bridgehead atoms. The standard InChI is InChI=1S/C47H31N3O/c1-4-16-32(17-5-1)47-48-45-37(27-15-29-44(45)51-47)33-18-14-23-36(30-33)49(34-19-6-2-7-20-34)43-31-41-39-25-12-13-28-42(39)50(35-21-8-3-9-22-35)46(41)40-26-11-10-24-38(40)43/h1-31H. The Morgan fingerprint density at radius 2 is 1.10 bits per heavy atom. The molecule has 4 heteroatoms. The van der Waals surface area contributed by atoms with Crippen molar-refractivity contribution in [2.45, 2.75) is 0 Å². The molecule has 0 aliphatic heterocycles. The number of hydrogen-bond acceptors (Lipinski definition) is 3. The Kier molecular flexibility index (Phi) is 6.78. The smallest absolute Gasteiger partial charge is 0.227 e. The summed E-state index contributed by atoms with van der Waals surface area (Å²) in [5, 5.41) is 4.80. The zero-order chi connectivity index (χ0) is 33.7. The topological polar surface area (TPSA) is 34.2 Å². The summed E-state index contributed by atoms with van der Waals surface area (Å²) in [6.45, 7) is 0. The Bertz CT molecular complexity index is 2850. The lowest BCUT2D eigenvalue weighted by Gasteiger charge is -2.28. The number of oxazole rings is 1. The summed E-state index contributed by atoms with van der Waals surface area (Å²) in [6, 6.07) is 66.2. The number of benzene rings is 8. The van der Waals surface area contributed by atoms with Gasteiger partial charge in [-0.25, -0.2) is 4.98 Å². The van der Waals surface area contributed by atoms with Gasteiger partial charge in [0.05, 0.1) is 16.7 Å². The van der Waals surface area contributed by atoms with Gasteiger partial charge in [0.1, 0.15) is 5.52 Å². The fourth-order valence-electron chi connectivity index (χ4n) is 7.54. The van der Waals surface area contributed by atoms with Crippen LogP contribution in [0.2, 0.25) is 0 Å². The molecule has 0 aliphatic rings. The minimum atomic E-state index is 0.620. The summed E-state index contributed by atoms with van der Waals surface area (Å²) in [4.78, 5) is 7.39. The second-order valence-corrected chi connectivity index (χ2v) is 12.8. The monoisotopic (exact) mass is 653 g/mol. The van der Waals surface area contributed by atoms with E-state index >= 15 is 0 Å². The third kappa shape index (κ3) is 4.80. The maximum Gasteiger partial charge on any atom is 0.227 e. The highest BCUT2D eigenvalue weighted by Crippen LogP contribution is 2.46. The van der Waals surface area contributed by atoms with Crippen LogP contribution < -0.4 is 4.90 Å². The van der Waals surface area contributed by atoms with E-state index in [1.807, 2.05) is 42.5 Å². The molecule has 2 heterocycles. The van der Waals surface area contributed by atoms with E-state index in [1.165, 1.54) is 32.6 Å². The summed E-state index contributed by atoms with van der Waals surface area (Å²) in [6.07, 6.45) is 0. The van der Waals surface area contributed by atoms with Crippen LogP contribution in [0.5, 0.6) is 0 Å². The van der Waals surface area contributed by atoms with Crippen molar-refractivity contribution in [2.24, 2.45) is 0 Å². The van der Waals surface area contributed by atoms with Gasteiger partial charge >= 0.3 is 0 Å². The SMILES string of the molecule is c1ccc(-c2nc3c(-c4cccc(N(c5ccccc5)c5cc6c7ccccc7n(-c7ccccc7)c6c6ccccc56)c4)cccc3o2)cc1. The summed E-state index contributed by atoms with van der Waals surface area (Å²) in [7, 11) is 0. The van der Waals surface area contributed by atoms with Crippen molar-refractivity contribution in [1.82, 2.24) is 9.55 Å². The highest BCUT2D eigenvalue weighted by Gasteiger charge is 2.22. The predicted molar refractivity (Wildman–Crippen MR) is 211 cm³/mol. The van der Waals surface area contributed by atoms with Crippen LogP contribution in [-0.2, 0) is 0 Å². The van der Waals surface area contributed by atoms with Crippen LogP contribution in [0.4, 0.5) is 17.1 Å². The molecule has 10 aromatic rings. The van der Waals surface area contributed by atoms with E-state index in [4.69, 9.17) is 9.40 Å². The molecule has 0 saturated carbocycles. The fraction of sp³-hybridized carbons (Fsp3) is 0. The molecule has 0 N–H and O–H groups in total. The van der Waals surface area contributed by atoms with Gasteiger partial charge in [-0.15, -0.1) is 0 Å². The highest BCUT2D eigenvalue weighted by atomic mass is 16.3. The molecule has 0 spiro atoms. The third-order valence-corrected chi connectivity index (χ3v) is 9.78. The second kappa shape index (κ2) is 11.9. The summed E-state index contributed by atoms with van der Waals surface area (Å²) in [5.41, 5.74) is 11.5. The van der Waals surface area contributed by atoms with Gasteiger partial charge < -0.3 is 13.9 Å². The minimum Gasteiger partial charge on any atom is -0.436 e. The van der Waals surface area contributed by atoms with Gasteiger partial charge in [0.15, 0.2) is 5.58 Å². The minimum absolute atomic E-state index is 0.620. The van der Waals surface area contributed by atoms with E-state index in [0.29, 0.717) is 5.89 Å². The van der Waals surface area contributed by atoms with Crippen molar-refractivity contribution in [2.75, 3.05) is 4.90 Å². The molecule has 10 rings (SSSR count). The van der Waals surface area contributed by atoms with E-state index < -0.39 is 0 Å². The van der Waals surface area contributed by atoms with Crippen molar-refractivity contribution in [3.63, 3.8) is 0 Å². The molecular weight excluding hydrogens is 623 g/mol. The van der Waals surface area contributed by atoms with Crippen molar-refractivity contribution >= 4 is 60.7 Å². The van der Waals surface area contributed by atoms with Crippen LogP contribution in [0, 0.1) is 0 Å². The molecule has 4 nitrogen and oxygen atoms in total. The molecule has 0 radical (unpaired) electrons. The number of para-hydroxylation sites is 4. The van der Waals surface area contributed by atoms with E-state index in [0.717, 1.165) is 50.5 Å². The zero-order valence-electron chi connectivity index (χ0n) is 27.6. The number of hydrogen-bond donors (Lipinski definition) is 0. The molecule has 0 atom stereocenters. The number of anilines is 3. The second-order valence-electron chi connectivity index (χ2n) is 12.8. The Morgan fingerprint density at radius 1 is 0.471 bits per heavy atom. The van der Waals surface area contributed by atoms with Crippen LogP contribution in [-0.4, -0.2) is 9.55 Å². The van der Waals surface area contributed by atoms with Gasteiger partial charge in [-0.05, 0) is 72.3 Å². The van der Waals surface area contributed by atoms with Crippen molar-refractivity contribution in [3.8, 4) is 28.3 Å². The van der Waals surface area contributed by atoms with E-state index in [1.54, 1.807) is 0 Å². The van der Waals surface area contributed by atoms with Crippen LogP contribution >= 0.6 is 0 Å². The molecule has 0 fully saturated rings. The third-order valence-electron chi connectivity index (χ3n) is 9.78. The maximum atomic E-state index is 6.27.